The number of hydrogen-bond acceptors (Lipinski definition) is 6. The summed E-state index contributed by atoms with van der Waals surface area (Å²) in [6, 6.07) is 0. The van der Waals surface area contributed by atoms with Gasteiger partial charge in [-0.05, 0) is 44.6 Å². The molecule has 0 radical (unpaired) electrons. The van der Waals surface area contributed by atoms with Crippen LogP contribution in [0.2, 0.25) is 0 Å². The lowest BCUT2D eigenvalue weighted by Gasteiger charge is -2.19. The van der Waals surface area contributed by atoms with Crippen molar-refractivity contribution in [3.63, 3.8) is 0 Å². The number of carbonyl (C=O) groups is 2. The number of thioether (sulfide) groups is 1. The van der Waals surface area contributed by atoms with Crippen LogP contribution >= 0.6 is 23.1 Å². The number of fused-ring (bicyclic) bond motifs is 3. The fraction of sp³-hybridized carbons (Fsp3) is 0.579. The maximum absolute atomic E-state index is 12.6. The highest BCUT2D eigenvalue weighted by Crippen LogP contribution is 2.36. The monoisotopic (exact) mass is 422 g/mol. The van der Waals surface area contributed by atoms with E-state index >= 15 is 0 Å². The zero-order chi connectivity index (χ0) is 20.3. The third-order valence-electron chi connectivity index (χ3n) is 4.92. The maximum atomic E-state index is 12.6. The molecule has 0 aliphatic heterocycles. The van der Waals surface area contributed by atoms with Gasteiger partial charge in [0.1, 0.15) is 4.83 Å². The molecule has 9 heteroatoms. The number of aromatic amines is 1. The minimum Gasteiger partial charge on any atom is -0.355 e. The van der Waals surface area contributed by atoms with Gasteiger partial charge in [-0.25, -0.2) is 4.98 Å². The Hall–Kier alpha value is -1.87. The Labute approximate surface area is 172 Å². The van der Waals surface area contributed by atoms with Crippen molar-refractivity contribution < 1.29 is 9.59 Å². The molecule has 28 heavy (non-hydrogen) atoms. The first-order valence-electron chi connectivity index (χ1n) is 9.64. The molecular formula is C19H26N4O3S2. The topological polar surface area (TPSA) is 95.2 Å². The lowest BCUT2D eigenvalue weighted by Crippen LogP contribution is -2.41. The van der Waals surface area contributed by atoms with Gasteiger partial charge in [0.25, 0.3) is 5.56 Å². The van der Waals surface area contributed by atoms with E-state index < -0.39 is 0 Å². The first-order chi connectivity index (χ1) is 13.4. The number of aromatic nitrogens is 2. The summed E-state index contributed by atoms with van der Waals surface area (Å²) in [7, 11) is 0. The highest BCUT2D eigenvalue weighted by Gasteiger charge is 2.23. The molecule has 0 unspecified atom stereocenters. The first kappa shape index (κ1) is 20.9. The van der Waals surface area contributed by atoms with Gasteiger partial charge in [0.05, 0.1) is 17.7 Å². The van der Waals surface area contributed by atoms with Crippen LogP contribution in [0.5, 0.6) is 0 Å². The van der Waals surface area contributed by atoms with Crippen molar-refractivity contribution in [2.75, 3.05) is 25.4 Å². The number of rotatable bonds is 7. The number of hydrogen-bond donors (Lipinski definition) is 2. The standard InChI is InChI=1S/C19H26N4O3S2/c1-4-20-14(24)9-23(5-2)15(25)10-27-19-21-17(26)16-12-7-6-11(3)8-13(12)28-18(16)22-19/h11H,4-10H2,1-3H3,(H,20,24)(H,21,22,26)/t11-/m0/s1. The van der Waals surface area contributed by atoms with E-state index in [0.29, 0.717) is 29.6 Å². The maximum Gasteiger partial charge on any atom is 0.260 e. The van der Waals surface area contributed by atoms with Crippen molar-refractivity contribution in [1.82, 2.24) is 20.2 Å². The summed E-state index contributed by atoms with van der Waals surface area (Å²) in [6.07, 6.45) is 3.03. The third kappa shape index (κ3) is 4.57. The van der Waals surface area contributed by atoms with Gasteiger partial charge >= 0.3 is 0 Å². The number of aryl methyl sites for hydroxylation is 1. The van der Waals surface area contributed by atoms with E-state index in [2.05, 4.69) is 22.2 Å². The molecule has 1 aliphatic carbocycles. The van der Waals surface area contributed by atoms with E-state index in [-0.39, 0.29) is 29.7 Å². The van der Waals surface area contributed by atoms with Crippen LogP contribution in [0, 0.1) is 5.92 Å². The van der Waals surface area contributed by atoms with E-state index in [1.807, 2.05) is 13.8 Å². The van der Waals surface area contributed by atoms with Gasteiger partial charge in [-0.1, -0.05) is 18.7 Å². The number of amides is 2. The summed E-state index contributed by atoms with van der Waals surface area (Å²) in [5, 5.41) is 3.86. The molecule has 1 atom stereocenters. The average molecular weight is 423 g/mol. The Morgan fingerprint density at radius 1 is 1.39 bits per heavy atom. The number of carbonyl (C=O) groups excluding carboxylic acids is 2. The number of nitrogens with one attached hydrogen (secondary N) is 2. The first-order valence-corrected chi connectivity index (χ1v) is 11.4. The molecule has 2 amide bonds. The Morgan fingerprint density at radius 2 is 2.18 bits per heavy atom. The van der Waals surface area contributed by atoms with Crippen LogP contribution in [-0.4, -0.2) is 52.1 Å². The molecule has 2 heterocycles. The molecule has 0 aromatic carbocycles. The molecule has 0 bridgehead atoms. The lowest BCUT2D eigenvalue weighted by atomic mass is 9.89. The fourth-order valence-electron chi connectivity index (χ4n) is 3.42. The van der Waals surface area contributed by atoms with E-state index in [1.54, 1.807) is 11.3 Å². The smallest absolute Gasteiger partial charge is 0.260 e. The van der Waals surface area contributed by atoms with Gasteiger partial charge in [-0.3, -0.25) is 14.4 Å². The number of nitrogens with zero attached hydrogens (tertiary/aromatic N) is 2. The van der Waals surface area contributed by atoms with Gasteiger partial charge < -0.3 is 15.2 Å². The zero-order valence-electron chi connectivity index (χ0n) is 16.5. The summed E-state index contributed by atoms with van der Waals surface area (Å²) in [5.41, 5.74) is 1.03. The molecule has 2 aromatic heterocycles. The molecule has 0 spiro atoms. The second kappa shape index (κ2) is 9.09. The van der Waals surface area contributed by atoms with Crippen LogP contribution in [0.1, 0.15) is 37.6 Å². The van der Waals surface area contributed by atoms with E-state index in [1.165, 1.54) is 21.5 Å². The number of H-pyrrole nitrogens is 1. The van der Waals surface area contributed by atoms with Gasteiger partial charge in [0, 0.05) is 18.0 Å². The lowest BCUT2D eigenvalue weighted by molar-refractivity contribution is -0.133. The summed E-state index contributed by atoms with van der Waals surface area (Å²) >= 11 is 2.80. The summed E-state index contributed by atoms with van der Waals surface area (Å²) in [6.45, 7) is 6.95. The van der Waals surface area contributed by atoms with Crippen LogP contribution in [0.25, 0.3) is 10.2 Å². The van der Waals surface area contributed by atoms with Crippen LogP contribution in [0.4, 0.5) is 0 Å². The summed E-state index contributed by atoms with van der Waals surface area (Å²) in [4.78, 5) is 47.7. The Morgan fingerprint density at radius 3 is 2.89 bits per heavy atom. The summed E-state index contributed by atoms with van der Waals surface area (Å²) < 4.78 is 0. The second-order valence-corrected chi connectivity index (χ2v) is 9.10. The molecule has 2 aromatic rings. The minimum absolute atomic E-state index is 0.0442. The predicted octanol–water partition coefficient (Wildman–Crippen LogP) is 2.19. The highest BCUT2D eigenvalue weighted by molar-refractivity contribution is 7.99. The van der Waals surface area contributed by atoms with Crippen molar-refractivity contribution in [1.29, 1.82) is 0 Å². The van der Waals surface area contributed by atoms with Crippen LogP contribution in [-0.2, 0) is 22.4 Å². The van der Waals surface area contributed by atoms with E-state index in [9.17, 15) is 14.4 Å². The van der Waals surface area contributed by atoms with Crippen LogP contribution < -0.4 is 10.9 Å². The average Bonchev–Trinajstić information content (AvgIpc) is 3.02. The number of likely N-dealkylation sites (N-methyl/N-ethyl adjacent to an activating group) is 2. The van der Waals surface area contributed by atoms with Crippen molar-refractivity contribution in [2.24, 2.45) is 5.92 Å². The van der Waals surface area contributed by atoms with Gasteiger partial charge in [0.15, 0.2) is 5.16 Å². The highest BCUT2D eigenvalue weighted by atomic mass is 32.2. The van der Waals surface area contributed by atoms with Crippen molar-refractivity contribution in [3.05, 3.63) is 20.8 Å². The van der Waals surface area contributed by atoms with Crippen LogP contribution in [0.3, 0.4) is 0 Å². The Bertz CT molecular complexity index is 937. The zero-order valence-corrected chi connectivity index (χ0v) is 18.1. The van der Waals surface area contributed by atoms with Crippen molar-refractivity contribution in [3.8, 4) is 0 Å². The summed E-state index contributed by atoms with van der Waals surface area (Å²) in [5.74, 6) is 0.440. The molecule has 0 saturated carbocycles. The fourth-order valence-corrected chi connectivity index (χ4v) is 5.63. The molecular weight excluding hydrogens is 396 g/mol. The van der Waals surface area contributed by atoms with Gasteiger partial charge in [0.2, 0.25) is 11.8 Å². The largest absolute Gasteiger partial charge is 0.355 e. The quantitative estimate of drug-likeness (QED) is 0.527. The van der Waals surface area contributed by atoms with Crippen molar-refractivity contribution >= 4 is 45.1 Å². The van der Waals surface area contributed by atoms with Crippen molar-refractivity contribution in [2.45, 2.75) is 45.2 Å². The third-order valence-corrected chi connectivity index (χ3v) is 6.93. The number of thiophene rings is 1. The Kier molecular flexibility index (Phi) is 6.77. The van der Waals surface area contributed by atoms with E-state index in [4.69, 9.17) is 0 Å². The molecule has 0 fully saturated rings. The minimum atomic E-state index is -0.172. The molecule has 2 N–H and O–H groups in total. The van der Waals surface area contributed by atoms with Gasteiger partial charge in [-0.15, -0.1) is 11.3 Å². The molecule has 3 rings (SSSR count). The second-order valence-electron chi connectivity index (χ2n) is 7.05. The Balaban J connectivity index is 1.71. The van der Waals surface area contributed by atoms with E-state index in [0.717, 1.165) is 29.7 Å². The normalized spacial score (nSPS) is 16.0. The molecule has 7 nitrogen and oxygen atoms in total. The van der Waals surface area contributed by atoms with Gasteiger partial charge in [-0.2, -0.15) is 0 Å². The SMILES string of the molecule is CCNC(=O)CN(CC)C(=O)CSc1nc2sc3c(c2c(=O)[nH]1)CC[C@H](C)C3. The molecule has 1 aliphatic rings. The van der Waals surface area contributed by atoms with Crippen LogP contribution in [0.15, 0.2) is 9.95 Å². The predicted molar refractivity (Wildman–Crippen MR) is 113 cm³/mol. The molecule has 0 saturated heterocycles. The molecule has 152 valence electrons.